The van der Waals surface area contributed by atoms with E-state index in [1.54, 1.807) is 32.6 Å². The number of hydrogen-bond donors (Lipinski definition) is 2. The molecule has 3 unspecified atom stereocenters. The van der Waals surface area contributed by atoms with Crippen LogP contribution in [0.25, 0.3) is 0 Å². The molecule has 9 nitrogen and oxygen atoms in total. The lowest BCUT2D eigenvalue weighted by molar-refractivity contribution is -0.146. The average molecular weight is 610 g/mol. The van der Waals surface area contributed by atoms with Crippen LogP contribution in [0.2, 0.25) is 0 Å². The zero-order chi connectivity index (χ0) is 32.9. The highest BCUT2D eigenvalue weighted by Crippen LogP contribution is 2.30. The molecule has 3 atom stereocenters. The van der Waals surface area contributed by atoms with Crippen molar-refractivity contribution in [1.82, 2.24) is 15.5 Å². The van der Waals surface area contributed by atoms with Crippen molar-refractivity contribution in [3.8, 4) is 0 Å². The van der Waals surface area contributed by atoms with Crippen molar-refractivity contribution in [3.05, 3.63) is 71.3 Å². The van der Waals surface area contributed by atoms with E-state index in [2.05, 4.69) is 24.5 Å². The van der Waals surface area contributed by atoms with Crippen LogP contribution in [0.5, 0.6) is 0 Å². The standard InChI is InChI=1S/C35H51N3O6/c1-9-43-30(39)21-22-36-32(40)31(28-18-14-13-15-25(28)4)38(26(5)20-19-24(2)3)33(41)29(23-27-16-11-10-12-17-27)37-34(42)44-35(6,7)8/h10-18,24,26,29,31H,9,19-23H2,1-8H3,(H,36,40)(H,37,42). The van der Waals surface area contributed by atoms with Crippen LogP contribution < -0.4 is 10.6 Å². The summed E-state index contributed by atoms with van der Waals surface area (Å²) in [6, 6.07) is 14.5. The van der Waals surface area contributed by atoms with Crippen LogP contribution in [0.15, 0.2) is 54.6 Å². The minimum Gasteiger partial charge on any atom is -0.466 e. The molecule has 3 amide bonds. The van der Waals surface area contributed by atoms with Gasteiger partial charge in [0.2, 0.25) is 11.8 Å². The van der Waals surface area contributed by atoms with Gasteiger partial charge in [0, 0.05) is 19.0 Å². The molecule has 2 aromatic carbocycles. The zero-order valence-electron chi connectivity index (χ0n) is 27.6. The van der Waals surface area contributed by atoms with Gasteiger partial charge in [-0.2, -0.15) is 0 Å². The predicted molar refractivity (Wildman–Crippen MR) is 172 cm³/mol. The third-order valence-electron chi connectivity index (χ3n) is 7.11. The molecule has 0 saturated heterocycles. The number of rotatable bonds is 15. The monoisotopic (exact) mass is 609 g/mol. The van der Waals surface area contributed by atoms with E-state index >= 15 is 0 Å². The number of ether oxygens (including phenoxy) is 2. The summed E-state index contributed by atoms with van der Waals surface area (Å²) >= 11 is 0. The largest absolute Gasteiger partial charge is 0.466 e. The number of alkyl carbamates (subject to hydrolysis) is 1. The first-order valence-corrected chi connectivity index (χ1v) is 15.6. The molecule has 0 aliphatic rings. The van der Waals surface area contributed by atoms with E-state index in [4.69, 9.17) is 9.47 Å². The Morgan fingerprint density at radius 1 is 0.909 bits per heavy atom. The van der Waals surface area contributed by atoms with E-state index in [9.17, 15) is 19.2 Å². The molecule has 2 N–H and O–H groups in total. The second kappa shape index (κ2) is 17.4. The lowest BCUT2D eigenvalue weighted by Gasteiger charge is -2.39. The number of carbonyl (C=O) groups excluding carboxylic acids is 4. The van der Waals surface area contributed by atoms with Crippen LogP contribution >= 0.6 is 0 Å². The molecule has 0 aliphatic heterocycles. The quantitative estimate of drug-likeness (QED) is 0.243. The molecule has 242 valence electrons. The second-order valence-corrected chi connectivity index (χ2v) is 12.6. The van der Waals surface area contributed by atoms with Gasteiger partial charge in [-0.15, -0.1) is 0 Å². The maximum atomic E-state index is 14.7. The minimum atomic E-state index is -1.01. The van der Waals surface area contributed by atoms with Crippen molar-refractivity contribution in [2.45, 2.75) is 105 Å². The number of carbonyl (C=O) groups is 4. The van der Waals surface area contributed by atoms with Gasteiger partial charge < -0.3 is 25.0 Å². The number of nitrogens with one attached hydrogen (secondary N) is 2. The number of aryl methyl sites for hydroxylation is 1. The maximum absolute atomic E-state index is 14.7. The van der Waals surface area contributed by atoms with E-state index in [1.807, 2.05) is 68.4 Å². The molecular formula is C35H51N3O6. The van der Waals surface area contributed by atoms with Crippen LogP contribution in [-0.4, -0.2) is 59.6 Å². The summed E-state index contributed by atoms with van der Waals surface area (Å²) in [7, 11) is 0. The Morgan fingerprint density at radius 2 is 1.55 bits per heavy atom. The summed E-state index contributed by atoms with van der Waals surface area (Å²) < 4.78 is 10.6. The molecule has 2 rings (SSSR count). The van der Waals surface area contributed by atoms with Crippen LogP contribution in [0.1, 0.15) is 90.5 Å². The fourth-order valence-corrected chi connectivity index (χ4v) is 4.92. The van der Waals surface area contributed by atoms with Crippen LogP contribution in [0.4, 0.5) is 4.79 Å². The molecule has 0 saturated carbocycles. The van der Waals surface area contributed by atoms with Gasteiger partial charge in [-0.1, -0.05) is 68.4 Å². The Morgan fingerprint density at radius 3 is 2.14 bits per heavy atom. The van der Waals surface area contributed by atoms with Crippen molar-refractivity contribution in [1.29, 1.82) is 0 Å². The first-order valence-electron chi connectivity index (χ1n) is 15.6. The van der Waals surface area contributed by atoms with E-state index in [0.29, 0.717) is 17.9 Å². The highest BCUT2D eigenvalue weighted by molar-refractivity contribution is 5.93. The minimum absolute atomic E-state index is 0.00769. The Kier molecular flexibility index (Phi) is 14.4. The second-order valence-electron chi connectivity index (χ2n) is 12.6. The summed E-state index contributed by atoms with van der Waals surface area (Å²) in [6.07, 6.45) is 0.976. The first-order chi connectivity index (χ1) is 20.7. The molecule has 0 spiro atoms. The highest BCUT2D eigenvalue weighted by Gasteiger charge is 2.39. The molecule has 0 heterocycles. The average Bonchev–Trinajstić information content (AvgIpc) is 2.94. The number of nitrogens with zero attached hydrogens (tertiary/aromatic N) is 1. The van der Waals surface area contributed by atoms with Gasteiger partial charge in [0.15, 0.2) is 0 Å². The van der Waals surface area contributed by atoms with E-state index < -0.39 is 41.6 Å². The number of amides is 3. The van der Waals surface area contributed by atoms with Crippen LogP contribution in [-0.2, 0) is 30.3 Å². The lowest BCUT2D eigenvalue weighted by Crippen LogP contribution is -2.56. The predicted octanol–water partition coefficient (Wildman–Crippen LogP) is 5.89. The van der Waals surface area contributed by atoms with Gasteiger partial charge >= 0.3 is 12.1 Å². The molecular weight excluding hydrogens is 558 g/mol. The third kappa shape index (κ3) is 12.0. The number of hydrogen-bond acceptors (Lipinski definition) is 6. The topological polar surface area (TPSA) is 114 Å². The third-order valence-corrected chi connectivity index (χ3v) is 7.11. The number of esters is 1. The van der Waals surface area contributed by atoms with Crippen LogP contribution in [0.3, 0.4) is 0 Å². The molecule has 2 aromatic rings. The van der Waals surface area contributed by atoms with Gasteiger partial charge in [0.05, 0.1) is 13.0 Å². The van der Waals surface area contributed by atoms with Crippen LogP contribution in [0, 0.1) is 12.8 Å². The molecule has 0 bridgehead atoms. The van der Waals surface area contributed by atoms with Gasteiger partial charge in [-0.3, -0.25) is 14.4 Å². The van der Waals surface area contributed by atoms with Crippen molar-refractivity contribution < 1.29 is 28.7 Å². The Bertz CT molecular complexity index is 1220. The van der Waals surface area contributed by atoms with E-state index in [0.717, 1.165) is 17.5 Å². The molecule has 0 aliphatic carbocycles. The Hall–Kier alpha value is -3.88. The summed E-state index contributed by atoms with van der Waals surface area (Å²) in [5.74, 6) is -0.846. The summed E-state index contributed by atoms with van der Waals surface area (Å²) in [4.78, 5) is 55.4. The lowest BCUT2D eigenvalue weighted by atomic mass is 9.94. The molecule has 0 aromatic heterocycles. The smallest absolute Gasteiger partial charge is 0.408 e. The Labute approximate surface area is 263 Å². The normalized spacial score (nSPS) is 13.4. The van der Waals surface area contributed by atoms with Crippen molar-refractivity contribution in [2.75, 3.05) is 13.2 Å². The summed E-state index contributed by atoms with van der Waals surface area (Å²) in [5, 5.41) is 5.68. The zero-order valence-corrected chi connectivity index (χ0v) is 27.6. The van der Waals surface area contributed by atoms with Crippen molar-refractivity contribution in [3.63, 3.8) is 0 Å². The Balaban J connectivity index is 2.60. The van der Waals surface area contributed by atoms with Gasteiger partial charge in [0.1, 0.15) is 17.7 Å². The summed E-state index contributed by atoms with van der Waals surface area (Å²) in [5.41, 5.74) is 1.59. The first kappa shape index (κ1) is 36.3. The maximum Gasteiger partial charge on any atom is 0.408 e. The van der Waals surface area contributed by atoms with Crippen molar-refractivity contribution >= 4 is 23.9 Å². The summed E-state index contributed by atoms with van der Waals surface area (Å²) in [6.45, 7) is 15.4. The molecule has 0 radical (unpaired) electrons. The highest BCUT2D eigenvalue weighted by atomic mass is 16.6. The van der Waals surface area contributed by atoms with E-state index in [1.165, 1.54) is 0 Å². The fraction of sp³-hybridized carbons (Fsp3) is 0.543. The van der Waals surface area contributed by atoms with Crippen molar-refractivity contribution in [2.24, 2.45) is 5.92 Å². The van der Waals surface area contributed by atoms with Gasteiger partial charge in [0.25, 0.3) is 0 Å². The molecule has 0 fully saturated rings. The number of benzene rings is 2. The fourth-order valence-electron chi connectivity index (χ4n) is 4.92. The van der Waals surface area contributed by atoms with E-state index in [-0.39, 0.29) is 32.0 Å². The molecule has 44 heavy (non-hydrogen) atoms. The molecule has 9 heteroatoms. The van der Waals surface area contributed by atoms with Gasteiger partial charge in [-0.25, -0.2) is 4.79 Å². The van der Waals surface area contributed by atoms with Gasteiger partial charge in [-0.05, 0) is 77.0 Å². The SMILES string of the molecule is CCOC(=O)CCNC(=O)C(c1ccccc1C)N(C(=O)C(Cc1ccccc1)NC(=O)OC(C)(C)C)C(C)CCC(C)C.